The number of esters is 1. The van der Waals surface area contributed by atoms with Crippen molar-refractivity contribution < 1.29 is 14.3 Å². The Balaban J connectivity index is 1.52. The number of anilines is 2. The number of pyridine rings is 1. The van der Waals surface area contributed by atoms with E-state index in [0.717, 1.165) is 45.8 Å². The molecule has 3 aromatic heterocycles. The summed E-state index contributed by atoms with van der Waals surface area (Å²) in [6.07, 6.45) is 5.64. The molecule has 0 fully saturated rings. The number of hydrogen-bond acceptors (Lipinski definition) is 9. The Labute approximate surface area is 177 Å². The van der Waals surface area contributed by atoms with E-state index in [-0.39, 0.29) is 11.9 Å². The maximum absolute atomic E-state index is 12.2. The Morgan fingerprint density at radius 3 is 3.10 bits per heavy atom. The van der Waals surface area contributed by atoms with Gasteiger partial charge in [-0.05, 0) is 37.8 Å². The van der Waals surface area contributed by atoms with Crippen molar-refractivity contribution in [1.82, 2.24) is 15.0 Å². The molecule has 9 heteroatoms. The van der Waals surface area contributed by atoms with Gasteiger partial charge < -0.3 is 14.8 Å². The third kappa shape index (κ3) is 3.19. The molecule has 0 bridgehead atoms. The molecule has 1 atom stereocenters. The molecular weight excluding hydrogens is 402 g/mol. The zero-order valence-corrected chi connectivity index (χ0v) is 17.6. The smallest absolute Gasteiger partial charge is 0.309 e. The van der Waals surface area contributed by atoms with Crippen LogP contribution in [-0.4, -0.2) is 40.9 Å². The summed E-state index contributed by atoms with van der Waals surface area (Å²) in [4.78, 5) is 32.1. The number of thiophene rings is 1. The van der Waals surface area contributed by atoms with Crippen LogP contribution < -0.4 is 10.1 Å². The molecule has 1 N–H and O–H groups in total. The van der Waals surface area contributed by atoms with Gasteiger partial charge in [0.15, 0.2) is 0 Å². The van der Waals surface area contributed by atoms with E-state index in [4.69, 9.17) is 9.47 Å². The fraction of sp³-hybridized carbons (Fsp3) is 0.381. The molecule has 1 aliphatic heterocycles. The Kier molecular flexibility index (Phi) is 4.82. The standard InChI is InChI=1S/C21H21N5O3S/c1-3-29-21(27)11-4-5-13-16(7-11)30-20-17(13)18(23-10-24-20)25-14-6-12-8-22-9-15(12)26-19(14)28-2/h6,8,10-11H,3-5,7,9H2,1-2H3,(H,23,24,25)/t11-/m0/s1. The zero-order valence-electron chi connectivity index (χ0n) is 16.8. The molecule has 0 amide bonds. The lowest BCUT2D eigenvalue weighted by molar-refractivity contribution is -0.148. The third-order valence-electron chi connectivity index (χ3n) is 5.48. The van der Waals surface area contributed by atoms with Gasteiger partial charge in [-0.1, -0.05) is 0 Å². The number of fused-ring (bicyclic) bond motifs is 4. The van der Waals surface area contributed by atoms with Gasteiger partial charge in [-0.2, -0.15) is 0 Å². The molecule has 0 unspecified atom stereocenters. The average Bonchev–Trinajstić information content (AvgIpc) is 3.36. The highest BCUT2D eigenvalue weighted by Gasteiger charge is 2.30. The van der Waals surface area contributed by atoms with Crippen molar-refractivity contribution in [3.8, 4) is 5.88 Å². The monoisotopic (exact) mass is 423 g/mol. The van der Waals surface area contributed by atoms with E-state index in [9.17, 15) is 4.79 Å². The number of hydrogen-bond donors (Lipinski definition) is 1. The van der Waals surface area contributed by atoms with Gasteiger partial charge in [-0.25, -0.2) is 15.0 Å². The molecule has 0 aromatic carbocycles. The third-order valence-corrected chi connectivity index (χ3v) is 6.65. The lowest BCUT2D eigenvalue weighted by atomic mass is 9.88. The molecule has 3 aromatic rings. The number of aliphatic imine (C=N–C) groups is 1. The number of rotatable bonds is 5. The molecule has 5 rings (SSSR count). The number of aryl methyl sites for hydroxylation is 1. The Morgan fingerprint density at radius 1 is 1.37 bits per heavy atom. The summed E-state index contributed by atoms with van der Waals surface area (Å²) in [6, 6.07) is 1.99. The lowest BCUT2D eigenvalue weighted by Crippen LogP contribution is -2.23. The maximum Gasteiger partial charge on any atom is 0.309 e. The second kappa shape index (κ2) is 7.64. The molecule has 0 saturated heterocycles. The first-order chi connectivity index (χ1) is 14.7. The SMILES string of the molecule is CCOC(=O)[C@H]1CCc2c(sc3ncnc(Nc4cc5c(nc4OC)CN=C5)c23)C1. The van der Waals surface area contributed by atoms with E-state index in [1.807, 2.05) is 19.2 Å². The first kappa shape index (κ1) is 18.9. The zero-order chi connectivity index (χ0) is 20.7. The van der Waals surface area contributed by atoms with Gasteiger partial charge in [-0.15, -0.1) is 11.3 Å². The van der Waals surface area contributed by atoms with Crippen LogP contribution in [0.25, 0.3) is 10.2 Å². The number of ether oxygens (including phenoxy) is 2. The Hall–Kier alpha value is -3.07. The molecular formula is C21H21N5O3S. The van der Waals surface area contributed by atoms with Crippen molar-refractivity contribution >= 4 is 45.2 Å². The molecule has 4 heterocycles. The quantitative estimate of drug-likeness (QED) is 0.628. The molecule has 1 aliphatic carbocycles. The summed E-state index contributed by atoms with van der Waals surface area (Å²) >= 11 is 1.63. The molecule has 30 heavy (non-hydrogen) atoms. The number of carbonyl (C=O) groups is 1. The minimum atomic E-state index is -0.111. The minimum Gasteiger partial charge on any atom is -0.480 e. The van der Waals surface area contributed by atoms with Gasteiger partial charge >= 0.3 is 5.97 Å². The van der Waals surface area contributed by atoms with Crippen molar-refractivity contribution in [2.24, 2.45) is 10.9 Å². The molecule has 154 valence electrons. The average molecular weight is 423 g/mol. The van der Waals surface area contributed by atoms with Crippen LogP contribution in [0.3, 0.4) is 0 Å². The van der Waals surface area contributed by atoms with Crippen molar-refractivity contribution in [2.45, 2.75) is 32.7 Å². The van der Waals surface area contributed by atoms with Crippen LogP contribution in [0.15, 0.2) is 17.4 Å². The van der Waals surface area contributed by atoms with Crippen LogP contribution >= 0.6 is 11.3 Å². The first-order valence-electron chi connectivity index (χ1n) is 9.94. The fourth-order valence-corrected chi connectivity index (χ4v) is 5.32. The number of nitrogens with zero attached hydrogens (tertiary/aromatic N) is 4. The van der Waals surface area contributed by atoms with E-state index in [2.05, 4.69) is 25.3 Å². The molecule has 0 spiro atoms. The van der Waals surface area contributed by atoms with E-state index in [0.29, 0.717) is 25.5 Å². The summed E-state index contributed by atoms with van der Waals surface area (Å²) in [6.45, 7) is 2.83. The van der Waals surface area contributed by atoms with Crippen LogP contribution in [-0.2, 0) is 28.9 Å². The lowest BCUT2D eigenvalue weighted by Gasteiger charge is -2.20. The fourth-order valence-electron chi connectivity index (χ4n) is 4.06. The number of carbonyl (C=O) groups excluding carboxylic acids is 1. The highest BCUT2D eigenvalue weighted by molar-refractivity contribution is 7.19. The summed E-state index contributed by atoms with van der Waals surface area (Å²) in [5.74, 6) is 1.04. The van der Waals surface area contributed by atoms with Crippen molar-refractivity contribution in [2.75, 3.05) is 19.0 Å². The van der Waals surface area contributed by atoms with Gasteiger partial charge in [0.25, 0.3) is 0 Å². The number of nitrogens with one attached hydrogen (secondary N) is 1. The van der Waals surface area contributed by atoms with Gasteiger partial charge in [0.1, 0.15) is 22.7 Å². The summed E-state index contributed by atoms with van der Waals surface area (Å²) in [7, 11) is 1.60. The van der Waals surface area contributed by atoms with E-state index < -0.39 is 0 Å². The van der Waals surface area contributed by atoms with Crippen LogP contribution in [0, 0.1) is 5.92 Å². The predicted molar refractivity (Wildman–Crippen MR) is 115 cm³/mol. The summed E-state index contributed by atoms with van der Waals surface area (Å²) < 4.78 is 10.7. The second-order valence-corrected chi connectivity index (χ2v) is 8.36. The van der Waals surface area contributed by atoms with Crippen molar-refractivity contribution in [3.05, 3.63) is 34.1 Å². The summed E-state index contributed by atoms with van der Waals surface area (Å²) in [5.41, 5.74) is 3.84. The predicted octanol–water partition coefficient (Wildman–Crippen LogP) is 3.44. The van der Waals surface area contributed by atoms with E-state index in [1.54, 1.807) is 24.8 Å². The minimum absolute atomic E-state index is 0.0878. The Morgan fingerprint density at radius 2 is 2.27 bits per heavy atom. The number of aromatic nitrogens is 3. The van der Waals surface area contributed by atoms with Gasteiger partial charge in [0.2, 0.25) is 5.88 Å². The van der Waals surface area contributed by atoms with Crippen LogP contribution in [0.1, 0.15) is 35.0 Å². The van der Waals surface area contributed by atoms with Gasteiger partial charge in [0.05, 0.1) is 37.3 Å². The Bertz CT molecular complexity index is 1170. The molecule has 0 saturated carbocycles. The summed E-state index contributed by atoms with van der Waals surface area (Å²) in [5, 5.41) is 4.41. The molecule has 0 radical (unpaired) electrons. The van der Waals surface area contributed by atoms with Crippen LogP contribution in [0.2, 0.25) is 0 Å². The normalized spacial score (nSPS) is 16.9. The van der Waals surface area contributed by atoms with Gasteiger partial charge in [-0.3, -0.25) is 9.79 Å². The highest BCUT2D eigenvalue weighted by atomic mass is 32.1. The first-order valence-corrected chi connectivity index (χ1v) is 10.8. The van der Waals surface area contributed by atoms with E-state index >= 15 is 0 Å². The molecule has 2 aliphatic rings. The van der Waals surface area contributed by atoms with Crippen LogP contribution in [0.5, 0.6) is 5.88 Å². The van der Waals surface area contributed by atoms with Crippen molar-refractivity contribution in [1.29, 1.82) is 0 Å². The van der Waals surface area contributed by atoms with Crippen LogP contribution in [0.4, 0.5) is 11.5 Å². The largest absolute Gasteiger partial charge is 0.480 e. The van der Waals surface area contributed by atoms with E-state index in [1.165, 1.54) is 10.4 Å². The molecule has 8 nitrogen and oxygen atoms in total. The van der Waals surface area contributed by atoms with Gasteiger partial charge in [0, 0.05) is 16.7 Å². The second-order valence-electron chi connectivity index (χ2n) is 7.27. The highest BCUT2D eigenvalue weighted by Crippen LogP contribution is 2.41. The number of methoxy groups -OCH3 is 1. The van der Waals surface area contributed by atoms with Crippen molar-refractivity contribution in [3.63, 3.8) is 0 Å². The maximum atomic E-state index is 12.2. The topological polar surface area (TPSA) is 98.6 Å².